The van der Waals surface area contributed by atoms with Crippen molar-refractivity contribution in [1.82, 2.24) is 4.31 Å². The number of hydrogen-bond acceptors (Lipinski definition) is 4. The van der Waals surface area contributed by atoms with E-state index >= 15 is 0 Å². The largest absolute Gasteiger partial charge is 0.475 e. The van der Waals surface area contributed by atoms with Gasteiger partial charge >= 0.3 is 5.97 Å². The molecular weight excluding hydrogens is 362 g/mol. The quantitative estimate of drug-likeness (QED) is 0.869. The number of furan rings is 1. The third-order valence-corrected chi connectivity index (χ3v) is 5.26. The lowest BCUT2D eigenvalue weighted by Crippen LogP contribution is -2.26. The van der Waals surface area contributed by atoms with Crippen molar-refractivity contribution >= 4 is 31.9 Å². The summed E-state index contributed by atoms with van der Waals surface area (Å²) in [4.78, 5) is 10.7. The van der Waals surface area contributed by atoms with Crippen molar-refractivity contribution in [2.24, 2.45) is 0 Å². The third kappa shape index (κ3) is 3.34. The molecule has 0 aliphatic heterocycles. The van der Waals surface area contributed by atoms with E-state index in [1.54, 1.807) is 12.1 Å². The van der Waals surface area contributed by atoms with Crippen molar-refractivity contribution in [2.75, 3.05) is 7.05 Å². The molecule has 1 aromatic heterocycles. The minimum atomic E-state index is -3.88. The van der Waals surface area contributed by atoms with Gasteiger partial charge in [-0.1, -0.05) is 34.1 Å². The molecule has 0 radical (unpaired) electrons. The summed E-state index contributed by atoms with van der Waals surface area (Å²) >= 11 is 3.35. The van der Waals surface area contributed by atoms with Crippen molar-refractivity contribution in [3.63, 3.8) is 0 Å². The Morgan fingerprint density at radius 1 is 1.29 bits per heavy atom. The van der Waals surface area contributed by atoms with Gasteiger partial charge in [-0.05, 0) is 23.8 Å². The van der Waals surface area contributed by atoms with Crippen LogP contribution in [0.1, 0.15) is 16.1 Å². The van der Waals surface area contributed by atoms with Gasteiger partial charge in [-0.3, -0.25) is 0 Å². The zero-order valence-corrected chi connectivity index (χ0v) is 13.4. The summed E-state index contributed by atoms with van der Waals surface area (Å²) in [6.45, 7) is 0.132. The molecule has 0 aliphatic carbocycles. The molecule has 6 nitrogen and oxygen atoms in total. The van der Waals surface area contributed by atoms with Gasteiger partial charge in [-0.15, -0.1) is 0 Å². The van der Waals surface area contributed by atoms with Gasteiger partial charge in [-0.25, -0.2) is 13.2 Å². The van der Waals surface area contributed by atoms with Gasteiger partial charge in [0.25, 0.3) is 10.0 Å². The fraction of sp³-hybridized carbons (Fsp3) is 0.154. The van der Waals surface area contributed by atoms with E-state index in [9.17, 15) is 13.2 Å². The third-order valence-electron chi connectivity index (χ3n) is 2.81. The molecule has 0 atom stereocenters. The maximum atomic E-state index is 12.3. The summed E-state index contributed by atoms with van der Waals surface area (Å²) in [6.07, 6.45) is 0. The molecule has 1 N–H and O–H groups in total. The van der Waals surface area contributed by atoms with E-state index in [2.05, 4.69) is 15.9 Å². The monoisotopic (exact) mass is 373 g/mol. The van der Waals surface area contributed by atoms with Crippen LogP contribution in [0.5, 0.6) is 0 Å². The summed E-state index contributed by atoms with van der Waals surface area (Å²) in [7, 11) is -2.48. The van der Waals surface area contributed by atoms with E-state index in [0.717, 1.165) is 26.5 Å². The standard InChI is InChI=1S/C13H12BrNO5S/c1-15(8-9-4-2-3-5-10(9)14)21(18,19)12-7-6-11(20-12)13(16)17/h2-7H,8H2,1H3,(H,16,17). The number of carboxylic acid groups (broad SMARTS) is 1. The van der Waals surface area contributed by atoms with Crippen LogP contribution in [0, 0.1) is 0 Å². The molecule has 0 amide bonds. The van der Waals surface area contributed by atoms with Crippen molar-refractivity contribution in [3.05, 3.63) is 52.2 Å². The Morgan fingerprint density at radius 2 is 1.95 bits per heavy atom. The van der Waals surface area contributed by atoms with Gasteiger partial charge in [0.2, 0.25) is 10.9 Å². The Morgan fingerprint density at radius 3 is 2.52 bits per heavy atom. The number of benzene rings is 1. The molecule has 8 heteroatoms. The van der Waals surface area contributed by atoms with Crippen LogP contribution in [0.2, 0.25) is 0 Å². The molecule has 0 saturated heterocycles. The lowest BCUT2D eigenvalue weighted by Gasteiger charge is -2.16. The van der Waals surface area contributed by atoms with Crippen molar-refractivity contribution < 1.29 is 22.7 Å². The number of hydrogen-bond donors (Lipinski definition) is 1. The molecule has 0 bridgehead atoms. The van der Waals surface area contributed by atoms with E-state index in [4.69, 9.17) is 9.52 Å². The number of carbonyl (C=O) groups is 1. The summed E-state index contributed by atoms with van der Waals surface area (Å²) in [5.41, 5.74) is 0.786. The maximum Gasteiger partial charge on any atom is 0.371 e. The van der Waals surface area contributed by atoms with E-state index in [-0.39, 0.29) is 6.54 Å². The minimum absolute atomic E-state index is 0.132. The molecule has 2 rings (SSSR count). The van der Waals surface area contributed by atoms with Gasteiger partial charge in [0.15, 0.2) is 0 Å². The molecule has 0 unspecified atom stereocenters. The fourth-order valence-corrected chi connectivity index (χ4v) is 3.14. The zero-order valence-electron chi connectivity index (χ0n) is 11.0. The minimum Gasteiger partial charge on any atom is -0.475 e. The Hall–Kier alpha value is -1.64. The van der Waals surface area contributed by atoms with E-state index < -0.39 is 26.8 Å². The highest BCUT2D eigenvalue weighted by Crippen LogP contribution is 2.22. The molecule has 112 valence electrons. The lowest BCUT2D eigenvalue weighted by atomic mass is 10.2. The van der Waals surface area contributed by atoms with Crippen LogP contribution < -0.4 is 0 Å². The van der Waals surface area contributed by atoms with Gasteiger partial charge in [0.1, 0.15) is 0 Å². The number of halogens is 1. The second-order valence-electron chi connectivity index (χ2n) is 4.28. The van der Waals surface area contributed by atoms with Gasteiger partial charge < -0.3 is 9.52 Å². The van der Waals surface area contributed by atoms with Gasteiger partial charge in [0, 0.05) is 18.1 Å². The first kappa shape index (κ1) is 15.7. The molecule has 2 aromatic rings. The smallest absolute Gasteiger partial charge is 0.371 e. The second-order valence-corrected chi connectivity index (χ2v) is 7.11. The highest BCUT2D eigenvalue weighted by atomic mass is 79.9. The predicted molar refractivity (Wildman–Crippen MR) is 78.5 cm³/mol. The van der Waals surface area contributed by atoms with Crippen molar-refractivity contribution in [2.45, 2.75) is 11.6 Å². The molecule has 1 aromatic carbocycles. The van der Waals surface area contributed by atoms with Crippen LogP contribution in [-0.4, -0.2) is 30.8 Å². The van der Waals surface area contributed by atoms with E-state index in [0.29, 0.717) is 0 Å². The zero-order chi connectivity index (χ0) is 15.6. The molecule has 1 heterocycles. The van der Waals surface area contributed by atoms with Gasteiger partial charge in [0.05, 0.1) is 0 Å². The molecular formula is C13H12BrNO5S. The Balaban J connectivity index is 2.26. The fourth-order valence-electron chi connectivity index (χ4n) is 1.68. The first-order valence-corrected chi connectivity index (χ1v) is 8.08. The highest BCUT2D eigenvalue weighted by Gasteiger charge is 2.26. The second kappa shape index (κ2) is 6.00. The normalized spacial score (nSPS) is 11.8. The van der Waals surface area contributed by atoms with Crippen LogP contribution in [0.25, 0.3) is 0 Å². The molecule has 0 saturated carbocycles. The average molecular weight is 374 g/mol. The Labute approximate surface area is 130 Å². The van der Waals surface area contributed by atoms with Crippen molar-refractivity contribution in [1.29, 1.82) is 0 Å². The summed E-state index contributed by atoms with van der Waals surface area (Å²) in [5, 5.41) is 8.37. The van der Waals surface area contributed by atoms with Crippen molar-refractivity contribution in [3.8, 4) is 0 Å². The summed E-state index contributed by atoms with van der Waals surface area (Å²) in [6, 6.07) is 9.48. The lowest BCUT2D eigenvalue weighted by molar-refractivity contribution is 0.0656. The predicted octanol–water partition coefficient (Wildman–Crippen LogP) is 2.56. The highest BCUT2D eigenvalue weighted by molar-refractivity contribution is 9.10. The maximum absolute atomic E-state index is 12.3. The summed E-state index contributed by atoms with van der Waals surface area (Å²) < 4.78 is 31.4. The number of nitrogens with zero attached hydrogens (tertiary/aromatic N) is 1. The summed E-state index contributed by atoms with van der Waals surface area (Å²) in [5.74, 6) is -1.73. The van der Waals surface area contributed by atoms with Crippen LogP contribution in [0.4, 0.5) is 0 Å². The Kier molecular flexibility index (Phi) is 4.50. The Bertz CT molecular complexity index is 768. The van der Waals surface area contributed by atoms with Crippen LogP contribution in [0.3, 0.4) is 0 Å². The number of aromatic carboxylic acids is 1. The molecule has 0 spiro atoms. The molecule has 21 heavy (non-hydrogen) atoms. The number of carboxylic acids is 1. The van der Waals surface area contributed by atoms with E-state index in [1.165, 1.54) is 7.05 Å². The van der Waals surface area contributed by atoms with Crippen LogP contribution in [-0.2, 0) is 16.6 Å². The first-order valence-electron chi connectivity index (χ1n) is 5.85. The topological polar surface area (TPSA) is 87.8 Å². The van der Waals surface area contributed by atoms with E-state index in [1.807, 2.05) is 12.1 Å². The number of rotatable bonds is 5. The first-order chi connectivity index (χ1) is 9.82. The van der Waals surface area contributed by atoms with Gasteiger partial charge in [-0.2, -0.15) is 4.31 Å². The molecule has 0 aliphatic rings. The average Bonchev–Trinajstić information content (AvgIpc) is 2.91. The number of sulfonamides is 1. The SMILES string of the molecule is CN(Cc1ccccc1Br)S(=O)(=O)c1ccc(C(=O)O)o1. The van der Waals surface area contributed by atoms with Crippen LogP contribution in [0.15, 0.2) is 50.4 Å². The molecule has 0 fully saturated rings. The van der Waals surface area contributed by atoms with Crippen LogP contribution >= 0.6 is 15.9 Å².